The van der Waals surface area contributed by atoms with E-state index in [-0.39, 0.29) is 24.4 Å². The predicted molar refractivity (Wildman–Crippen MR) is 74.7 cm³/mol. The van der Waals surface area contributed by atoms with E-state index in [1.807, 2.05) is 11.9 Å². The van der Waals surface area contributed by atoms with Crippen molar-refractivity contribution >= 4 is 18.3 Å². The molecule has 2 heterocycles. The lowest BCUT2D eigenvalue weighted by Gasteiger charge is -2.23. The van der Waals surface area contributed by atoms with Gasteiger partial charge in [-0.15, -0.1) is 12.4 Å². The summed E-state index contributed by atoms with van der Waals surface area (Å²) in [5, 5.41) is 3.13. The van der Waals surface area contributed by atoms with Crippen LogP contribution in [0.15, 0.2) is 16.5 Å². The summed E-state index contributed by atoms with van der Waals surface area (Å²) in [6.07, 6.45) is 2.11. The predicted octanol–water partition coefficient (Wildman–Crippen LogP) is 1.67. The van der Waals surface area contributed by atoms with Crippen molar-refractivity contribution in [3.8, 4) is 0 Å². The number of nitrogens with zero attached hydrogens (tertiary/aromatic N) is 1. The third-order valence-corrected chi connectivity index (χ3v) is 3.24. The SMILES string of the molecule is CNCC1CCCN1C(=O)c1ccc(COC)o1.Cl. The molecule has 1 aliphatic heterocycles. The van der Waals surface area contributed by atoms with Crippen LogP contribution in [-0.2, 0) is 11.3 Å². The zero-order valence-corrected chi connectivity index (χ0v) is 12.2. The molecule has 6 heteroatoms. The molecule has 1 aromatic heterocycles. The molecule has 0 aromatic carbocycles. The summed E-state index contributed by atoms with van der Waals surface area (Å²) in [6, 6.07) is 3.80. The van der Waals surface area contributed by atoms with E-state index >= 15 is 0 Å². The maximum Gasteiger partial charge on any atom is 0.289 e. The van der Waals surface area contributed by atoms with Crippen molar-refractivity contribution in [3.05, 3.63) is 23.7 Å². The summed E-state index contributed by atoms with van der Waals surface area (Å²) < 4.78 is 10.5. The standard InChI is InChI=1S/C13H20N2O3.ClH/c1-14-8-10-4-3-7-15(10)13(16)12-6-5-11(18-12)9-17-2;/h5-6,10,14H,3-4,7-9H2,1-2H3;1H. The lowest BCUT2D eigenvalue weighted by molar-refractivity contribution is 0.0697. The van der Waals surface area contributed by atoms with Crippen LogP contribution in [0.25, 0.3) is 0 Å². The minimum absolute atomic E-state index is 0. The zero-order chi connectivity index (χ0) is 13.0. The Labute approximate surface area is 119 Å². The summed E-state index contributed by atoms with van der Waals surface area (Å²) >= 11 is 0. The number of carbonyl (C=O) groups is 1. The fourth-order valence-electron chi connectivity index (χ4n) is 2.41. The zero-order valence-electron chi connectivity index (χ0n) is 11.3. The number of furan rings is 1. The first-order chi connectivity index (χ1) is 8.76. The third kappa shape index (κ3) is 3.72. The van der Waals surface area contributed by atoms with Crippen LogP contribution < -0.4 is 5.32 Å². The highest BCUT2D eigenvalue weighted by Crippen LogP contribution is 2.20. The van der Waals surface area contributed by atoms with Gasteiger partial charge >= 0.3 is 0 Å². The Morgan fingerprint density at radius 3 is 3.05 bits per heavy atom. The lowest BCUT2D eigenvalue weighted by Crippen LogP contribution is -2.40. The van der Waals surface area contributed by atoms with Crippen LogP contribution in [0, 0.1) is 0 Å². The van der Waals surface area contributed by atoms with Crippen molar-refractivity contribution in [3.63, 3.8) is 0 Å². The first-order valence-corrected chi connectivity index (χ1v) is 6.29. The molecule has 1 atom stereocenters. The fourth-order valence-corrected chi connectivity index (χ4v) is 2.41. The Morgan fingerprint density at radius 1 is 1.58 bits per heavy atom. The second-order valence-corrected chi connectivity index (χ2v) is 4.55. The van der Waals surface area contributed by atoms with Crippen LogP contribution in [0.2, 0.25) is 0 Å². The normalized spacial score (nSPS) is 18.4. The van der Waals surface area contributed by atoms with Crippen LogP contribution in [0.5, 0.6) is 0 Å². The Kier molecular flexibility index (Phi) is 6.34. The van der Waals surface area contributed by atoms with Gasteiger partial charge in [-0.2, -0.15) is 0 Å². The lowest BCUT2D eigenvalue weighted by atomic mass is 10.2. The number of hydrogen-bond donors (Lipinski definition) is 1. The average molecular weight is 289 g/mol. The number of likely N-dealkylation sites (tertiary alicyclic amines) is 1. The van der Waals surface area contributed by atoms with Crippen LogP contribution in [0.1, 0.15) is 29.2 Å². The van der Waals surface area contributed by atoms with Crippen LogP contribution in [-0.4, -0.2) is 44.1 Å². The van der Waals surface area contributed by atoms with E-state index in [9.17, 15) is 4.79 Å². The second kappa shape index (κ2) is 7.53. The number of nitrogens with one attached hydrogen (secondary N) is 1. The van der Waals surface area contributed by atoms with Crippen LogP contribution >= 0.6 is 12.4 Å². The molecule has 0 aliphatic carbocycles. The summed E-state index contributed by atoms with van der Waals surface area (Å²) in [5.41, 5.74) is 0. The molecular weight excluding hydrogens is 268 g/mol. The van der Waals surface area contributed by atoms with Gasteiger partial charge in [-0.1, -0.05) is 0 Å². The van der Waals surface area contributed by atoms with Gasteiger partial charge in [0.1, 0.15) is 12.4 Å². The number of likely N-dealkylation sites (N-methyl/N-ethyl adjacent to an activating group) is 1. The highest BCUT2D eigenvalue weighted by Gasteiger charge is 2.30. The maximum absolute atomic E-state index is 12.3. The molecule has 108 valence electrons. The third-order valence-electron chi connectivity index (χ3n) is 3.24. The number of halogens is 1. The molecule has 19 heavy (non-hydrogen) atoms. The van der Waals surface area contributed by atoms with E-state index in [2.05, 4.69) is 5.32 Å². The molecule has 1 aromatic rings. The molecule has 0 saturated carbocycles. The van der Waals surface area contributed by atoms with Gasteiger partial charge in [0.15, 0.2) is 5.76 Å². The summed E-state index contributed by atoms with van der Waals surface area (Å²) in [6.45, 7) is 2.04. The topological polar surface area (TPSA) is 54.7 Å². The van der Waals surface area contributed by atoms with E-state index in [4.69, 9.17) is 9.15 Å². The van der Waals surface area contributed by atoms with Crippen molar-refractivity contribution in [2.45, 2.75) is 25.5 Å². The largest absolute Gasteiger partial charge is 0.453 e. The Balaban J connectivity index is 0.00000180. The van der Waals surface area contributed by atoms with Crippen molar-refractivity contribution in [1.82, 2.24) is 10.2 Å². The van der Waals surface area contributed by atoms with Gasteiger partial charge in [0.25, 0.3) is 5.91 Å². The highest BCUT2D eigenvalue weighted by atomic mass is 35.5. The van der Waals surface area contributed by atoms with E-state index in [1.54, 1.807) is 19.2 Å². The monoisotopic (exact) mass is 288 g/mol. The van der Waals surface area contributed by atoms with E-state index in [0.29, 0.717) is 18.1 Å². The number of methoxy groups -OCH3 is 1. The molecule has 1 saturated heterocycles. The maximum atomic E-state index is 12.3. The average Bonchev–Trinajstić information content (AvgIpc) is 2.98. The number of carbonyl (C=O) groups excluding carboxylic acids is 1. The molecule has 0 radical (unpaired) electrons. The van der Waals surface area contributed by atoms with Crippen molar-refractivity contribution in [2.24, 2.45) is 0 Å². The minimum atomic E-state index is -0.0184. The number of ether oxygens (including phenoxy) is 1. The molecule has 1 aliphatic rings. The van der Waals surface area contributed by atoms with Gasteiger partial charge in [0, 0.05) is 26.2 Å². The van der Waals surface area contributed by atoms with Crippen molar-refractivity contribution in [1.29, 1.82) is 0 Å². The quantitative estimate of drug-likeness (QED) is 0.895. The van der Waals surface area contributed by atoms with Gasteiger partial charge < -0.3 is 19.4 Å². The van der Waals surface area contributed by atoms with Gasteiger partial charge in [0.2, 0.25) is 0 Å². The smallest absolute Gasteiger partial charge is 0.289 e. The van der Waals surface area contributed by atoms with E-state index in [1.165, 1.54) is 0 Å². The van der Waals surface area contributed by atoms with Gasteiger partial charge in [-0.05, 0) is 32.0 Å². The molecular formula is C13H21ClN2O3. The number of rotatable bonds is 5. The number of amides is 1. The Hall–Kier alpha value is -1.04. The van der Waals surface area contributed by atoms with E-state index in [0.717, 1.165) is 25.9 Å². The first kappa shape index (κ1) is 16.0. The van der Waals surface area contributed by atoms with Crippen molar-refractivity contribution in [2.75, 3.05) is 27.2 Å². The number of hydrogen-bond acceptors (Lipinski definition) is 4. The minimum Gasteiger partial charge on any atom is -0.453 e. The van der Waals surface area contributed by atoms with Gasteiger partial charge in [-0.25, -0.2) is 0 Å². The first-order valence-electron chi connectivity index (χ1n) is 6.29. The summed E-state index contributed by atoms with van der Waals surface area (Å²) in [4.78, 5) is 14.2. The van der Waals surface area contributed by atoms with Gasteiger partial charge in [-0.3, -0.25) is 4.79 Å². The highest BCUT2D eigenvalue weighted by molar-refractivity contribution is 5.92. The molecule has 1 amide bonds. The van der Waals surface area contributed by atoms with Crippen molar-refractivity contribution < 1.29 is 13.9 Å². The summed E-state index contributed by atoms with van der Waals surface area (Å²) in [7, 11) is 3.51. The Morgan fingerprint density at radius 2 is 2.37 bits per heavy atom. The van der Waals surface area contributed by atoms with Gasteiger partial charge in [0.05, 0.1) is 0 Å². The summed E-state index contributed by atoms with van der Waals surface area (Å²) in [5.74, 6) is 1.07. The second-order valence-electron chi connectivity index (χ2n) is 4.55. The molecule has 1 unspecified atom stereocenters. The molecule has 5 nitrogen and oxygen atoms in total. The molecule has 1 fully saturated rings. The fraction of sp³-hybridized carbons (Fsp3) is 0.615. The van der Waals surface area contributed by atoms with Crippen LogP contribution in [0.4, 0.5) is 0 Å². The van der Waals surface area contributed by atoms with E-state index < -0.39 is 0 Å². The molecule has 0 spiro atoms. The molecule has 2 rings (SSSR count). The Bertz CT molecular complexity index is 408. The molecule has 0 bridgehead atoms. The molecule has 1 N–H and O–H groups in total. The van der Waals surface area contributed by atoms with Crippen LogP contribution in [0.3, 0.4) is 0 Å².